The van der Waals surface area contributed by atoms with Crippen molar-refractivity contribution in [1.29, 1.82) is 0 Å². The molecule has 1 aliphatic rings. The van der Waals surface area contributed by atoms with Gasteiger partial charge in [-0.3, -0.25) is 9.69 Å². The highest BCUT2D eigenvalue weighted by atomic mass is 35.5. The fourth-order valence-electron chi connectivity index (χ4n) is 2.48. The number of nitrogens with zero attached hydrogens (tertiary/aromatic N) is 1. The largest absolute Gasteiger partial charge is 0.493 e. The summed E-state index contributed by atoms with van der Waals surface area (Å²) >= 11 is 12.8. The summed E-state index contributed by atoms with van der Waals surface area (Å²) in [6, 6.07) is 12.6. The highest BCUT2D eigenvalue weighted by Crippen LogP contribution is 2.40. The first-order valence-electron chi connectivity index (χ1n) is 7.30. The molecule has 0 bridgehead atoms. The number of hydrogen-bond donors (Lipinski definition) is 0. The highest BCUT2D eigenvalue weighted by molar-refractivity contribution is 8.27. The molecule has 1 amide bonds. The summed E-state index contributed by atoms with van der Waals surface area (Å²) in [6.07, 6.45) is 1.75. The fraction of sp³-hybridized carbons (Fsp3) is 0.111. The van der Waals surface area contributed by atoms with Gasteiger partial charge in [-0.25, -0.2) is 0 Å². The first-order chi connectivity index (χ1) is 12.1. The van der Waals surface area contributed by atoms with Crippen LogP contribution in [-0.2, 0) is 4.79 Å². The molecule has 0 unspecified atom stereocenters. The van der Waals surface area contributed by atoms with E-state index in [9.17, 15) is 4.79 Å². The van der Waals surface area contributed by atoms with Crippen LogP contribution in [0.5, 0.6) is 11.5 Å². The lowest BCUT2D eigenvalue weighted by molar-refractivity contribution is -0.113. The maximum Gasteiger partial charge on any atom is 0.270 e. The van der Waals surface area contributed by atoms with Crippen LogP contribution in [0, 0.1) is 0 Å². The maximum atomic E-state index is 12.8. The second-order valence-corrected chi connectivity index (χ2v) is 7.13. The number of benzene rings is 2. The quantitative estimate of drug-likeness (QED) is 0.554. The summed E-state index contributed by atoms with van der Waals surface area (Å²) in [6.45, 7) is 0. The van der Waals surface area contributed by atoms with Gasteiger partial charge in [-0.15, -0.1) is 0 Å². The summed E-state index contributed by atoms with van der Waals surface area (Å²) in [5.74, 6) is 0.943. The molecule has 0 atom stereocenters. The van der Waals surface area contributed by atoms with Crippen molar-refractivity contribution >= 4 is 57.6 Å². The van der Waals surface area contributed by atoms with E-state index in [1.165, 1.54) is 16.7 Å². The molecule has 128 valence electrons. The molecule has 1 aliphatic heterocycles. The molecule has 0 radical (unpaired) electrons. The molecule has 0 N–H and O–H groups in total. The van der Waals surface area contributed by atoms with Crippen LogP contribution in [-0.4, -0.2) is 24.4 Å². The minimum atomic E-state index is -0.215. The van der Waals surface area contributed by atoms with Gasteiger partial charge in [0.25, 0.3) is 5.91 Å². The molecule has 3 rings (SSSR count). The van der Waals surface area contributed by atoms with Gasteiger partial charge in [-0.05, 0) is 24.3 Å². The number of carbonyl (C=O) groups excluding carboxylic acids is 1. The molecule has 0 spiro atoms. The third-order valence-corrected chi connectivity index (χ3v) is 5.23. The van der Waals surface area contributed by atoms with Gasteiger partial charge in [-0.2, -0.15) is 0 Å². The Balaban J connectivity index is 2.01. The van der Waals surface area contributed by atoms with Gasteiger partial charge < -0.3 is 9.47 Å². The number of para-hydroxylation sites is 2. The predicted molar refractivity (Wildman–Crippen MR) is 107 cm³/mol. The summed E-state index contributed by atoms with van der Waals surface area (Å²) < 4.78 is 11.1. The van der Waals surface area contributed by atoms with Crippen molar-refractivity contribution in [3.8, 4) is 11.5 Å². The predicted octanol–water partition coefficient (Wildman–Crippen LogP) is 4.76. The third-order valence-electron chi connectivity index (χ3n) is 3.61. The SMILES string of the molecule is COc1cccc(C=C2SC(=S)N(c3ccccc3Cl)C2=O)c1OC. The first-order valence-corrected chi connectivity index (χ1v) is 8.90. The summed E-state index contributed by atoms with van der Waals surface area (Å²) in [4.78, 5) is 14.8. The van der Waals surface area contributed by atoms with Crippen LogP contribution in [0.3, 0.4) is 0 Å². The van der Waals surface area contributed by atoms with Crippen molar-refractivity contribution in [2.24, 2.45) is 0 Å². The minimum Gasteiger partial charge on any atom is -0.493 e. The molecule has 0 aromatic heterocycles. The molecule has 0 saturated carbocycles. The van der Waals surface area contributed by atoms with E-state index in [4.69, 9.17) is 33.3 Å². The normalized spacial score (nSPS) is 15.8. The Morgan fingerprint density at radius 1 is 1.12 bits per heavy atom. The topological polar surface area (TPSA) is 38.8 Å². The molecular formula is C18H14ClNO3S2. The second kappa shape index (κ2) is 7.47. The molecule has 2 aromatic rings. The highest BCUT2D eigenvalue weighted by Gasteiger charge is 2.34. The average molecular weight is 392 g/mol. The Morgan fingerprint density at radius 3 is 2.56 bits per heavy atom. The Bertz CT molecular complexity index is 882. The zero-order chi connectivity index (χ0) is 18.0. The monoisotopic (exact) mass is 391 g/mol. The van der Waals surface area contributed by atoms with Crippen molar-refractivity contribution < 1.29 is 14.3 Å². The van der Waals surface area contributed by atoms with Crippen LogP contribution in [0.2, 0.25) is 5.02 Å². The average Bonchev–Trinajstić information content (AvgIpc) is 2.89. The number of anilines is 1. The molecule has 7 heteroatoms. The van der Waals surface area contributed by atoms with Crippen LogP contribution in [0.1, 0.15) is 5.56 Å². The van der Waals surface area contributed by atoms with E-state index in [0.29, 0.717) is 31.4 Å². The van der Waals surface area contributed by atoms with Crippen molar-refractivity contribution in [1.82, 2.24) is 0 Å². The number of amides is 1. The Morgan fingerprint density at radius 2 is 1.88 bits per heavy atom. The van der Waals surface area contributed by atoms with Crippen molar-refractivity contribution in [3.63, 3.8) is 0 Å². The number of rotatable bonds is 4. The molecule has 25 heavy (non-hydrogen) atoms. The summed E-state index contributed by atoms with van der Waals surface area (Å²) in [7, 11) is 3.13. The van der Waals surface area contributed by atoms with Crippen LogP contribution >= 0.6 is 35.6 Å². The molecule has 1 heterocycles. The van der Waals surface area contributed by atoms with E-state index in [2.05, 4.69) is 0 Å². The van der Waals surface area contributed by atoms with Gasteiger partial charge >= 0.3 is 0 Å². The Hall–Kier alpha value is -2.02. The van der Waals surface area contributed by atoms with Gasteiger partial charge in [0, 0.05) is 5.56 Å². The molecule has 1 fully saturated rings. The summed E-state index contributed by atoms with van der Waals surface area (Å²) in [5, 5.41) is 0.471. The molecule has 4 nitrogen and oxygen atoms in total. The van der Waals surface area contributed by atoms with Gasteiger partial charge in [0.2, 0.25) is 0 Å². The summed E-state index contributed by atoms with van der Waals surface area (Å²) in [5.41, 5.74) is 1.31. The number of methoxy groups -OCH3 is 2. The van der Waals surface area contributed by atoms with Gasteiger partial charge in [-0.1, -0.05) is 59.8 Å². The zero-order valence-electron chi connectivity index (χ0n) is 13.5. The number of thiocarbonyl (C=S) groups is 1. The molecule has 0 aliphatic carbocycles. The standard InChI is InChI=1S/C18H14ClNO3S2/c1-22-14-9-5-6-11(16(14)23-2)10-15-17(21)20(18(24)25-15)13-8-4-3-7-12(13)19/h3-10H,1-2H3. The number of thioether (sulfide) groups is 1. The first kappa shape index (κ1) is 17.8. The smallest absolute Gasteiger partial charge is 0.270 e. The number of ether oxygens (including phenoxy) is 2. The number of hydrogen-bond acceptors (Lipinski definition) is 5. The minimum absolute atomic E-state index is 0.215. The Labute approximate surface area is 160 Å². The van der Waals surface area contributed by atoms with E-state index in [0.717, 1.165) is 5.56 Å². The van der Waals surface area contributed by atoms with E-state index in [-0.39, 0.29) is 5.91 Å². The lowest BCUT2D eigenvalue weighted by Crippen LogP contribution is -2.27. The van der Waals surface area contributed by atoms with Gasteiger partial charge in [0.1, 0.15) is 0 Å². The van der Waals surface area contributed by atoms with Gasteiger partial charge in [0.15, 0.2) is 15.8 Å². The molecular weight excluding hydrogens is 378 g/mol. The van der Waals surface area contributed by atoms with Crippen molar-refractivity contribution in [3.05, 3.63) is 58.0 Å². The Kier molecular flexibility index (Phi) is 5.32. The zero-order valence-corrected chi connectivity index (χ0v) is 15.9. The molecule has 2 aromatic carbocycles. The van der Waals surface area contributed by atoms with Gasteiger partial charge in [0.05, 0.1) is 29.8 Å². The second-order valence-electron chi connectivity index (χ2n) is 5.05. The van der Waals surface area contributed by atoms with Crippen LogP contribution in [0.25, 0.3) is 6.08 Å². The van der Waals surface area contributed by atoms with Crippen LogP contribution < -0.4 is 14.4 Å². The van der Waals surface area contributed by atoms with E-state index >= 15 is 0 Å². The van der Waals surface area contributed by atoms with E-state index in [1.54, 1.807) is 44.6 Å². The van der Waals surface area contributed by atoms with Crippen LogP contribution in [0.15, 0.2) is 47.4 Å². The fourth-order valence-corrected chi connectivity index (χ4v) is 3.97. The molecule has 1 saturated heterocycles. The van der Waals surface area contributed by atoms with Crippen molar-refractivity contribution in [2.75, 3.05) is 19.1 Å². The van der Waals surface area contributed by atoms with Crippen molar-refractivity contribution in [2.45, 2.75) is 0 Å². The lowest BCUT2D eigenvalue weighted by Gasteiger charge is -2.15. The van der Waals surface area contributed by atoms with Crippen LogP contribution in [0.4, 0.5) is 5.69 Å². The lowest BCUT2D eigenvalue weighted by atomic mass is 10.1. The van der Waals surface area contributed by atoms with E-state index in [1.807, 2.05) is 18.2 Å². The van der Waals surface area contributed by atoms with E-state index < -0.39 is 0 Å². The number of carbonyl (C=O) groups is 1. The maximum absolute atomic E-state index is 12.8. The third kappa shape index (κ3) is 3.38. The number of halogens is 1.